The van der Waals surface area contributed by atoms with Gasteiger partial charge in [-0.25, -0.2) is 0 Å². The summed E-state index contributed by atoms with van der Waals surface area (Å²) < 4.78 is 12.4. The molecule has 2 N–H and O–H groups in total. The van der Waals surface area contributed by atoms with Crippen molar-refractivity contribution >= 4 is 0 Å². The summed E-state index contributed by atoms with van der Waals surface area (Å²) in [7, 11) is 0. The maximum absolute atomic E-state index is 6.40. The number of ether oxygens (including phenoxy) is 2. The molecule has 1 aromatic carbocycles. The van der Waals surface area contributed by atoms with Crippen molar-refractivity contribution in [3.05, 3.63) is 29.3 Å². The monoisotopic (exact) mass is 287 g/mol. The molecule has 114 valence electrons. The molecular weight excluding hydrogens is 262 g/mol. The highest BCUT2D eigenvalue weighted by Crippen LogP contribution is 2.44. The van der Waals surface area contributed by atoms with Gasteiger partial charge in [0.05, 0.1) is 12.2 Å². The van der Waals surface area contributed by atoms with Gasteiger partial charge in [0.2, 0.25) is 0 Å². The van der Waals surface area contributed by atoms with Crippen LogP contribution in [-0.4, -0.2) is 18.3 Å². The van der Waals surface area contributed by atoms with Gasteiger partial charge in [-0.05, 0) is 55.7 Å². The standard InChI is InChI=1S/C18H25NO2/c19-16-6-1-5-15-14(16)4-2-7-17(15)21-13-8-11-20-18(12-13)9-3-10-18/h2,4,7,13,16H,1,3,5-6,8-12,19H2. The number of fused-ring (bicyclic) bond motifs is 1. The van der Waals surface area contributed by atoms with Crippen molar-refractivity contribution in [3.8, 4) is 5.75 Å². The maximum atomic E-state index is 6.40. The van der Waals surface area contributed by atoms with E-state index in [9.17, 15) is 0 Å². The number of benzene rings is 1. The Bertz CT molecular complexity index is 524. The molecule has 0 radical (unpaired) electrons. The lowest BCUT2D eigenvalue weighted by Crippen LogP contribution is -2.48. The van der Waals surface area contributed by atoms with Crippen LogP contribution in [0.4, 0.5) is 0 Å². The molecule has 1 saturated heterocycles. The van der Waals surface area contributed by atoms with Crippen LogP contribution in [0.5, 0.6) is 5.75 Å². The van der Waals surface area contributed by atoms with E-state index in [-0.39, 0.29) is 11.6 Å². The minimum Gasteiger partial charge on any atom is -0.490 e. The van der Waals surface area contributed by atoms with Gasteiger partial charge in [0.15, 0.2) is 0 Å². The van der Waals surface area contributed by atoms with Gasteiger partial charge in [-0.3, -0.25) is 0 Å². The zero-order valence-corrected chi connectivity index (χ0v) is 12.6. The van der Waals surface area contributed by atoms with E-state index in [1.807, 2.05) is 0 Å². The van der Waals surface area contributed by atoms with E-state index in [2.05, 4.69) is 18.2 Å². The molecule has 2 fully saturated rings. The Morgan fingerprint density at radius 3 is 2.90 bits per heavy atom. The largest absolute Gasteiger partial charge is 0.490 e. The Labute approximate surface area is 126 Å². The van der Waals surface area contributed by atoms with Crippen LogP contribution < -0.4 is 10.5 Å². The quantitative estimate of drug-likeness (QED) is 0.905. The molecule has 21 heavy (non-hydrogen) atoms. The first kappa shape index (κ1) is 13.6. The van der Waals surface area contributed by atoms with E-state index in [1.165, 1.54) is 36.8 Å². The average molecular weight is 287 g/mol. The van der Waals surface area contributed by atoms with Crippen LogP contribution in [0.15, 0.2) is 18.2 Å². The van der Waals surface area contributed by atoms with Gasteiger partial charge < -0.3 is 15.2 Å². The topological polar surface area (TPSA) is 44.5 Å². The first-order valence-electron chi connectivity index (χ1n) is 8.44. The van der Waals surface area contributed by atoms with Crippen molar-refractivity contribution < 1.29 is 9.47 Å². The van der Waals surface area contributed by atoms with E-state index in [0.717, 1.165) is 38.0 Å². The lowest BCUT2D eigenvalue weighted by atomic mass is 9.74. The third kappa shape index (κ3) is 2.47. The van der Waals surface area contributed by atoms with Gasteiger partial charge in [0.1, 0.15) is 11.9 Å². The molecule has 1 aliphatic heterocycles. The molecule has 0 bridgehead atoms. The van der Waals surface area contributed by atoms with Gasteiger partial charge in [-0.1, -0.05) is 12.1 Å². The summed E-state index contributed by atoms with van der Waals surface area (Å²) in [6, 6.07) is 6.58. The highest BCUT2D eigenvalue weighted by Gasteiger charge is 2.43. The zero-order valence-electron chi connectivity index (χ0n) is 12.6. The second-order valence-corrected chi connectivity index (χ2v) is 6.94. The molecule has 1 spiro atoms. The van der Waals surface area contributed by atoms with Crippen LogP contribution in [0.2, 0.25) is 0 Å². The molecule has 0 aromatic heterocycles. The molecule has 1 aromatic rings. The van der Waals surface area contributed by atoms with Gasteiger partial charge in [0.25, 0.3) is 0 Å². The summed E-state index contributed by atoms with van der Waals surface area (Å²) in [5, 5.41) is 0. The van der Waals surface area contributed by atoms with Crippen molar-refractivity contribution in [3.63, 3.8) is 0 Å². The minimum absolute atomic E-state index is 0.147. The fourth-order valence-corrected chi connectivity index (χ4v) is 4.14. The maximum Gasteiger partial charge on any atom is 0.123 e. The van der Waals surface area contributed by atoms with Gasteiger partial charge in [-0.2, -0.15) is 0 Å². The summed E-state index contributed by atoms with van der Waals surface area (Å²) in [5.41, 5.74) is 9.04. The molecular formula is C18H25NO2. The molecule has 3 nitrogen and oxygen atoms in total. The average Bonchev–Trinajstić information content (AvgIpc) is 2.47. The van der Waals surface area contributed by atoms with Crippen LogP contribution in [0, 0.1) is 0 Å². The summed E-state index contributed by atoms with van der Waals surface area (Å²) in [6.45, 7) is 0.846. The summed E-state index contributed by atoms with van der Waals surface area (Å²) in [5.74, 6) is 1.07. The molecule has 0 amide bonds. The molecule has 2 aliphatic carbocycles. The van der Waals surface area contributed by atoms with Crippen LogP contribution in [-0.2, 0) is 11.2 Å². The number of hydrogen-bond donors (Lipinski definition) is 1. The third-order valence-corrected chi connectivity index (χ3v) is 5.52. The molecule has 3 aliphatic rings. The van der Waals surface area contributed by atoms with Gasteiger partial charge >= 0.3 is 0 Å². The van der Waals surface area contributed by atoms with Gasteiger partial charge in [-0.15, -0.1) is 0 Å². The summed E-state index contributed by atoms with van der Waals surface area (Å²) >= 11 is 0. The van der Waals surface area contributed by atoms with E-state index < -0.39 is 0 Å². The highest BCUT2D eigenvalue weighted by molar-refractivity contribution is 5.43. The second kappa shape index (κ2) is 5.29. The number of hydrogen-bond acceptors (Lipinski definition) is 3. The molecule has 2 unspecified atom stereocenters. The van der Waals surface area contributed by atoms with E-state index >= 15 is 0 Å². The smallest absolute Gasteiger partial charge is 0.123 e. The van der Waals surface area contributed by atoms with Crippen molar-refractivity contribution in [2.75, 3.05) is 6.61 Å². The predicted molar refractivity (Wildman–Crippen MR) is 82.5 cm³/mol. The lowest BCUT2D eigenvalue weighted by molar-refractivity contribution is -0.153. The minimum atomic E-state index is 0.147. The normalized spacial score (nSPS) is 30.5. The first-order chi connectivity index (χ1) is 10.3. The Morgan fingerprint density at radius 2 is 2.10 bits per heavy atom. The number of rotatable bonds is 2. The fraction of sp³-hybridized carbons (Fsp3) is 0.667. The fourth-order valence-electron chi connectivity index (χ4n) is 4.14. The van der Waals surface area contributed by atoms with Crippen LogP contribution in [0.1, 0.15) is 62.1 Å². The van der Waals surface area contributed by atoms with Crippen molar-refractivity contribution in [2.24, 2.45) is 5.73 Å². The van der Waals surface area contributed by atoms with Crippen LogP contribution in [0.25, 0.3) is 0 Å². The molecule has 3 heteroatoms. The third-order valence-electron chi connectivity index (χ3n) is 5.52. The van der Waals surface area contributed by atoms with E-state index in [0.29, 0.717) is 6.10 Å². The number of nitrogens with two attached hydrogens (primary N) is 1. The molecule has 1 heterocycles. The first-order valence-corrected chi connectivity index (χ1v) is 8.44. The zero-order chi connectivity index (χ0) is 14.3. The Kier molecular flexibility index (Phi) is 3.43. The Balaban J connectivity index is 1.53. The van der Waals surface area contributed by atoms with Crippen molar-refractivity contribution in [1.29, 1.82) is 0 Å². The molecule has 1 saturated carbocycles. The molecule has 4 rings (SSSR count). The Morgan fingerprint density at radius 1 is 1.19 bits per heavy atom. The predicted octanol–water partition coefficient (Wildman–Crippen LogP) is 3.50. The lowest BCUT2D eigenvalue weighted by Gasteiger charge is -2.47. The second-order valence-electron chi connectivity index (χ2n) is 6.94. The van der Waals surface area contributed by atoms with Crippen LogP contribution >= 0.6 is 0 Å². The summed E-state index contributed by atoms with van der Waals surface area (Å²) in [6.07, 6.45) is 9.48. The van der Waals surface area contributed by atoms with Crippen LogP contribution in [0.3, 0.4) is 0 Å². The highest BCUT2D eigenvalue weighted by atomic mass is 16.5. The van der Waals surface area contributed by atoms with Crippen molar-refractivity contribution in [1.82, 2.24) is 0 Å². The van der Waals surface area contributed by atoms with E-state index in [4.69, 9.17) is 15.2 Å². The van der Waals surface area contributed by atoms with Crippen molar-refractivity contribution in [2.45, 2.75) is 69.1 Å². The van der Waals surface area contributed by atoms with E-state index in [1.54, 1.807) is 0 Å². The molecule has 2 atom stereocenters. The Hall–Kier alpha value is -1.06. The van der Waals surface area contributed by atoms with Gasteiger partial charge in [0, 0.05) is 18.9 Å². The SMILES string of the molecule is NC1CCCc2c(OC3CCOC4(CCC4)C3)cccc21. The summed E-state index contributed by atoms with van der Waals surface area (Å²) in [4.78, 5) is 0.